The van der Waals surface area contributed by atoms with Gasteiger partial charge in [-0.25, -0.2) is 8.42 Å². The summed E-state index contributed by atoms with van der Waals surface area (Å²) >= 11 is 5.86. The average Bonchev–Trinajstić information content (AvgIpc) is 3.04. The van der Waals surface area contributed by atoms with Crippen molar-refractivity contribution in [3.05, 3.63) is 71.1 Å². The molecule has 0 aliphatic carbocycles. The molecular formula is C17H16ClN3O3S. The number of hydrogen-bond donors (Lipinski definition) is 0. The van der Waals surface area contributed by atoms with Gasteiger partial charge in [0.2, 0.25) is 21.7 Å². The van der Waals surface area contributed by atoms with Crippen molar-refractivity contribution >= 4 is 21.6 Å². The Hall–Kier alpha value is -2.22. The lowest BCUT2D eigenvalue weighted by Crippen LogP contribution is -2.29. The third-order valence-electron chi connectivity index (χ3n) is 3.55. The van der Waals surface area contributed by atoms with Crippen LogP contribution < -0.4 is 0 Å². The molecule has 0 aliphatic heterocycles. The molecule has 1 aromatic heterocycles. The van der Waals surface area contributed by atoms with Crippen molar-refractivity contribution < 1.29 is 12.9 Å². The van der Waals surface area contributed by atoms with E-state index in [1.54, 1.807) is 24.3 Å². The van der Waals surface area contributed by atoms with Gasteiger partial charge in [-0.05, 0) is 29.8 Å². The van der Waals surface area contributed by atoms with Crippen LogP contribution in [0.1, 0.15) is 11.5 Å². The summed E-state index contributed by atoms with van der Waals surface area (Å²) in [4.78, 5) is 4.28. The second-order valence-corrected chi connectivity index (χ2v) is 7.95. The van der Waals surface area contributed by atoms with E-state index in [0.717, 1.165) is 17.4 Å². The molecule has 0 bridgehead atoms. The Kier molecular flexibility index (Phi) is 5.17. The largest absolute Gasteiger partial charge is 0.338 e. The number of hydrogen-bond acceptors (Lipinski definition) is 5. The Morgan fingerprint density at radius 2 is 1.72 bits per heavy atom. The molecule has 0 amide bonds. The highest BCUT2D eigenvalue weighted by atomic mass is 35.5. The minimum absolute atomic E-state index is 0.00825. The summed E-state index contributed by atoms with van der Waals surface area (Å²) in [6, 6.07) is 16.3. The fourth-order valence-electron chi connectivity index (χ4n) is 2.26. The second-order valence-electron chi connectivity index (χ2n) is 5.54. The minimum atomic E-state index is -3.43. The molecule has 25 heavy (non-hydrogen) atoms. The topological polar surface area (TPSA) is 76.3 Å². The first-order chi connectivity index (χ1) is 11.9. The molecule has 0 spiro atoms. The predicted molar refractivity (Wildman–Crippen MR) is 95.3 cm³/mol. The lowest BCUT2D eigenvalue weighted by molar-refractivity contribution is 0.313. The molecule has 0 fully saturated rings. The van der Waals surface area contributed by atoms with Crippen molar-refractivity contribution in [2.75, 3.05) is 6.26 Å². The summed E-state index contributed by atoms with van der Waals surface area (Å²) in [6.07, 6.45) is 1.16. The quantitative estimate of drug-likeness (QED) is 0.658. The van der Waals surface area contributed by atoms with Crippen LogP contribution in [0.5, 0.6) is 0 Å². The van der Waals surface area contributed by atoms with Crippen molar-refractivity contribution in [2.45, 2.75) is 13.1 Å². The van der Waals surface area contributed by atoms with Gasteiger partial charge in [0.15, 0.2) is 0 Å². The zero-order valence-corrected chi connectivity index (χ0v) is 15.0. The van der Waals surface area contributed by atoms with Crippen LogP contribution in [0.2, 0.25) is 5.02 Å². The zero-order valence-electron chi connectivity index (χ0n) is 13.5. The maximum atomic E-state index is 12.1. The van der Waals surface area contributed by atoms with Crippen LogP contribution in [-0.4, -0.2) is 29.1 Å². The molecule has 1 heterocycles. The van der Waals surface area contributed by atoms with Crippen LogP contribution in [0.15, 0.2) is 59.1 Å². The van der Waals surface area contributed by atoms with Gasteiger partial charge in [-0.1, -0.05) is 47.1 Å². The zero-order chi connectivity index (χ0) is 17.9. The highest BCUT2D eigenvalue weighted by Crippen LogP contribution is 2.20. The molecule has 0 saturated heterocycles. The van der Waals surface area contributed by atoms with Crippen LogP contribution in [0.25, 0.3) is 11.4 Å². The number of rotatable bonds is 6. The van der Waals surface area contributed by atoms with E-state index in [0.29, 0.717) is 10.8 Å². The van der Waals surface area contributed by atoms with Crippen LogP contribution in [-0.2, 0) is 23.1 Å². The van der Waals surface area contributed by atoms with Crippen LogP contribution in [0.4, 0.5) is 0 Å². The van der Waals surface area contributed by atoms with Crippen molar-refractivity contribution in [2.24, 2.45) is 0 Å². The van der Waals surface area contributed by atoms with Crippen molar-refractivity contribution in [1.82, 2.24) is 14.4 Å². The van der Waals surface area contributed by atoms with Gasteiger partial charge in [-0.2, -0.15) is 9.29 Å². The maximum absolute atomic E-state index is 12.1. The van der Waals surface area contributed by atoms with E-state index in [1.807, 2.05) is 30.3 Å². The van der Waals surface area contributed by atoms with Crippen molar-refractivity contribution in [3.8, 4) is 11.4 Å². The number of nitrogens with zero attached hydrogens (tertiary/aromatic N) is 3. The number of aromatic nitrogens is 2. The summed E-state index contributed by atoms with van der Waals surface area (Å²) in [5, 5.41) is 4.52. The molecule has 0 aliphatic rings. The predicted octanol–water partition coefficient (Wildman–Crippen LogP) is 3.35. The molecule has 0 N–H and O–H groups in total. The van der Waals surface area contributed by atoms with E-state index < -0.39 is 10.0 Å². The second kappa shape index (κ2) is 7.35. The Bertz CT molecular complexity index is 941. The van der Waals surface area contributed by atoms with E-state index in [2.05, 4.69) is 10.1 Å². The fourth-order valence-corrected chi connectivity index (χ4v) is 3.12. The lowest BCUT2D eigenvalue weighted by atomic mass is 10.2. The molecule has 2 aromatic carbocycles. The van der Waals surface area contributed by atoms with Gasteiger partial charge in [-0.15, -0.1) is 0 Å². The van der Waals surface area contributed by atoms with Gasteiger partial charge < -0.3 is 4.52 Å². The standard InChI is InChI=1S/C17H16ClN3O3S/c1-25(22,23)21(11-13-5-3-2-4-6-13)12-16-19-17(20-24-16)14-7-9-15(18)10-8-14/h2-10H,11-12H2,1H3. The van der Waals surface area contributed by atoms with Crippen molar-refractivity contribution in [1.29, 1.82) is 0 Å². The minimum Gasteiger partial charge on any atom is -0.338 e. The number of benzene rings is 2. The summed E-state index contributed by atoms with van der Waals surface area (Å²) in [6.45, 7) is 0.243. The number of sulfonamides is 1. The van der Waals surface area contributed by atoms with Gasteiger partial charge in [0.25, 0.3) is 0 Å². The van der Waals surface area contributed by atoms with Gasteiger partial charge in [-0.3, -0.25) is 0 Å². The molecule has 3 aromatic rings. The summed E-state index contributed by atoms with van der Waals surface area (Å²) < 4.78 is 30.7. The lowest BCUT2D eigenvalue weighted by Gasteiger charge is -2.17. The average molecular weight is 378 g/mol. The third kappa shape index (κ3) is 4.66. The van der Waals surface area contributed by atoms with Gasteiger partial charge in [0.1, 0.15) is 0 Å². The molecular weight excluding hydrogens is 362 g/mol. The van der Waals surface area contributed by atoms with E-state index in [4.69, 9.17) is 16.1 Å². The molecule has 3 rings (SSSR count). The van der Waals surface area contributed by atoms with Crippen LogP contribution in [0, 0.1) is 0 Å². The third-order valence-corrected chi connectivity index (χ3v) is 5.00. The van der Waals surface area contributed by atoms with Gasteiger partial charge in [0, 0.05) is 17.1 Å². The summed E-state index contributed by atoms with van der Waals surface area (Å²) in [5.41, 5.74) is 1.62. The molecule has 0 saturated carbocycles. The highest BCUT2D eigenvalue weighted by Gasteiger charge is 2.21. The summed E-state index contributed by atoms with van der Waals surface area (Å²) in [7, 11) is -3.43. The summed E-state index contributed by atoms with van der Waals surface area (Å²) in [5.74, 6) is 0.617. The van der Waals surface area contributed by atoms with E-state index >= 15 is 0 Å². The molecule has 0 unspecified atom stereocenters. The first-order valence-corrected chi connectivity index (χ1v) is 9.72. The maximum Gasteiger partial charge on any atom is 0.242 e. The van der Waals surface area contributed by atoms with Crippen LogP contribution >= 0.6 is 11.6 Å². The first-order valence-electron chi connectivity index (χ1n) is 7.49. The Morgan fingerprint density at radius 3 is 2.36 bits per heavy atom. The van der Waals surface area contributed by atoms with Gasteiger partial charge in [0.05, 0.1) is 12.8 Å². The SMILES string of the molecule is CS(=O)(=O)N(Cc1ccccc1)Cc1nc(-c2ccc(Cl)cc2)no1. The molecule has 0 radical (unpaired) electrons. The first kappa shape index (κ1) is 17.6. The molecule has 6 nitrogen and oxygen atoms in total. The van der Waals surface area contributed by atoms with Crippen molar-refractivity contribution in [3.63, 3.8) is 0 Å². The van der Waals surface area contributed by atoms with E-state index in [9.17, 15) is 8.42 Å². The fraction of sp³-hybridized carbons (Fsp3) is 0.176. The Morgan fingerprint density at radius 1 is 1.04 bits per heavy atom. The Balaban J connectivity index is 1.79. The smallest absolute Gasteiger partial charge is 0.242 e. The molecule has 130 valence electrons. The van der Waals surface area contributed by atoms with Crippen LogP contribution in [0.3, 0.4) is 0 Å². The molecule has 0 atom stereocenters. The van der Waals surface area contributed by atoms with Gasteiger partial charge >= 0.3 is 0 Å². The van der Waals surface area contributed by atoms with E-state index in [1.165, 1.54) is 4.31 Å². The number of halogens is 1. The normalized spacial score (nSPS) is 11.8. The highest BCUT2D eigenvalue weighted by molar-refractivity contribution is 7.88. The van der Waals surface area contributed by atoms with E-state index in [-0.39, 0.29) is 19.0 Å². The molecule has 8 heteroatoms. The Labute approximate surface area is 151 Å². The monoisotopic (exact) mass is 377 g/mol.